The Balaban J connectivity index is 3.17. The number of halogens is 3. The van der Waals surface area contributed by atoms with Gasteiger partial charge in [0.25, 0.3) is 6.43 Å². The lowest BCUT2D eigenvalue weighted by molar-refractivity contribution is -0.136. The number of carboxylic acids is 1. The standard InChI is InChI=1S/C8H7F3N2O2/c9-6-4(7(10)11)1-3(2-5(14)15)13-8(6)12/h1,7H,2H2,(H2,12,13)(H,14,15). The van der Waals surface area contributed by atoms with Crippen molar-refractivity contribution in [3.63, 3.8) is 0 Å². The van der Waals surface area contributed by atoms with Gasteiger partial charge in [0.1, 0.15) is 0 Å². The Kier molecular flexibility index (Phi) is 3.13. The van der Waals surface area contributed by atoms with E-state index in [2.05, 4.69) is 4.98 Å². The second-order valence-electron chi connectivity index (χ2n) is 2.77. The van der Waals surface area contributed by atoms with E-state index in [-0.39, 0.29) is 5.69 Å². The molecule has 1 heterocycles. The number of nitrogen functional groups attached to an aromatic ring is 1. The summed E-state index contributed by atoms with van der Waals surface area (Å²) >= 11 is 0. The minimum absolute atomic E-state index is 0.198. The average molecular weight is 220 g/mol. The summed E-state index contributed by atoms with van der Waals surface area (Å²) in [5.74, 6) is -3.28. The van der Waals surface area contributed by atoms with E-state index >= 15 is 0 Å². The van der Waals surface area contributed by atoms with E-state index in [4.69, 9.17) is 10.8 Å². The number of rotatable bonds is 3. The maximum atomic E-state index is 13.0. The Morgan fingerprint density at radius 1 is 1.60 bits per heavy atom. The largest absolute Gasteiger partial charge is 0.481 e. The van der Waals surface area contributed by atoms with E-state index in [9.17, 15) is 18.0 Å². The Hall–Kier alpha value is -1.79. The van der Waals surface area contributed by atoms with Gasteiger partial charge < -0.3 is 10.8 Å². The first-order chi connectivity index (χ1) is 6.91. The predicted molar refractivity (Wildman–Crippen MR) is 44.9 cm³/mol. The molecular formula is C8H7F3N2O2. The molecule has 15 heavy (non-hydrogen) atoms. The van der Waals surface area contributed by atoms with Crippen molar-refractivity contribution in [2.45, 2.75) is 12.8 Å². The fraction of sp³-hybridized carbons (Fsp3) is 0.250. The van der Waals surface area contributed by atoms with Crippen molar-refractivity contribution in [2.24, 2.45) is 0 Å². The van der Waals surface area contributed by atoms with Crippen molar-refractivity contribution in [2.75, 3.05) is 5.73 Å². The maximum Gasteiger partial charge on any atom is 0.309 e. The molecule has 0 bridgehead atoms. The van der Waals surface area contributed by atoms with Crippen LogP contribution in [0.5, 0.6) is 0 Å². The summed E-state index contributed by atoms with van der Waals surface area (Å²) in [5, 5.41) is 8.39. The molecule has 82 valence electrons. The fourth-order valence-electron chi connectivity index (χ4n) is 1.03. The minimum atomic E-state index is -3.05. The van der Waals surface area contributed by atoms with Crippen molar-refractivity contribution >= 4 is 11.8 Å². The molecule has 3 N–H and O–H groups in total. The molecule has 0 aromatic carbocycles. The monoisotopic (exact) mass is 220 g/mol. The summed E-state index contributed by atoms with van der Waals surface area (Å²) in [6, 6.07) is 0.699. The van der Waals surface area contributed by atoms with Gasteiger partial charge in [0.2, 0.25) is 0 Å². The van der Waals surface area contributed by atoms with Gasteiger partial charge in [-0.1, -0.05) is 0 Å². The molecule has 1 aromatic heterocycles. The molecular weight excluding hydrogens is 213 g/mol. The van der Waals surface area contributed by atoms with E-state index in [1.807, 2.05) is 0 Å². The molecule has 0 atom stereocenters. The lowest BCUT2D eigenvalue weighted by Crippen LogP contribution is -2.08. The molecule has 4 nitrogen and oxygen atoms in total. The molecule has 0 spiro atoms. The van der Waals surface area contributed by atoms with E-state index < -0.39 is 36.0 Å². The summed E-state index contributed by atoms with van der Waals surface area (Å²) in [4.78, 5) is 13.6. The highest BCUT2D eigenvalue weighted by atomic mass is 19.3. The van der Waals surface area contributed by atoms with Crippen molar-refractivity contribution in [3.05, 3.63) is 23.1 Å². The van der Waals surface area contributed by atoms with Gasteiger partial charge in [0.15, 0.2) is 11.6 Å². The molecule has 0 unspecified atom stereocenters. The van der Waals surface area contributed by atoms with E-state index in [1.165, 1.54) is 0 Å². The van der Waals surface area contributed by atoms with Crippen molar-refractivity contribution in [1.82, 2.24) is 4.98 Å². The van der Waals surface area contributed by atoms with Gasteiger partial charge in [-0.05, 0) is 6.07 Å². The van der Waals surface area contributed by atoms with Gasteiger partial charge in [0.05, 0.1) is 17.7 Å². The van der Waals surface area contributed by atoms with E-state index in [1.54, 1.807) is 0 Å². The zero-order valence-electron chi connectivity index (χ0n) is 7.38. The molecule has 0 saturated heterocycles. The van der Waals surface area contributed by atoms with Crippen LogP contribution in [0.3, 0.4) is 0 Å². The second-order valence-corrected chi connectivity index (χ2v) is 2.77. The van der Waals surface area contributed by atoms with Gasteiger partial charge in [-0.2, -0.15) is 0 Å². The summed E-state index contributed by atoms with van der Waals surface area (Å²) in [7, 11) is 0. The van der Waals surface area contributed by atoms with Gasteiger partial charge in [0, 0.05) is 0 Å². The summed E-state index contributed by atoms with van der Waals surface area (Å²) < 4.78 is 37.5. The number of aromatic nitrogens is 1. The summed E-state index contributed by atoms with van der Waals surface area (Å²) in [6.07, 6.45) is -3.63. The third kappa shape index (κ3) is 2.58. The Bertz CT molecular complexity index is 396. The number of hydrogen-bond acceptors (Lipinski definition) is 3. The number of anilines is 1. The Labute approximate surface area is 82.5 Å². The van der Waals surface area contributed by atoms with Crippen molar-refractivity contribution in [3.8, 4) is 0 Å². The predicted octanol–water partition coefficient (Wildman–Crippen LogP) is 1.37. The summed E-state index contributed by atoms with van der Waals surface area (Å²) in [6.45, 7) is 0. The highest BCUT2D eigenvalue weighted by Gasteiger charge is 2.18. The van der Waals surface area contributed by atoms with Crippen LogP contribution in [-0.4, -0.2) is 16.1 Å². The third-order valence-electron chi connectivity index (χ3n) is 1.63. The number of carboxylic acid groups (broad SMARTS) is 1. The molecule has 0 amide bonds. The van der Waals surface area contributed by atoms with Gasteiger partial charge in [-0.25, -0.2) is 18.2 Å². The van der Waals surface area contributed by atoms with Crippen LogP contribution in [0, 0.1) is 5.82 Å². The average Bonchev–Trinajstić information content (AvgIpc) is 2.09. The SMILES string of the molecule is Nc1nc(CC(=O)O)cc(C(F)F)c1F. The van der Waals surface area contributed by atoms with Gasteiger partial charge >= 0.3 is 5.97 Å². The van der Waals surface area contributed by atoms with Crippen LogP contribution < -0.4 is 5.73 Å². The molecule has 0 aliphatic heterocycles. The lowest BCUT2D eigenvalue weighted by Gasteiger charge is -2.06. The first-order valence-electron chi connectivity index (χ1n) is 3.86. The zero-order valence-corrected chi connectivity index (χ0v) is 7.38. The fourth-order valence-corrected chi connectivity index (χ4v) is 1.03. The van der Waals surface area contributed by atoms with Crippen LogP contribution in [0.2, 0.25) is 0 Å². The minimum Gasteiger partial charge on any atom is -0.481 e. The number of nitrogens with zero attached hydrogens (tertiary/aromatic N) is 1. The molecule has 0 radical (unpaired) electrons. The Morgan fingerprint density at radius 3 is 2.67 bits per heavy atom. The molecule has 1 rings (SSSR count). The topological polar surface area (TPSA) is 76.2 Å². The molecule has 0 aliphatic rings. The van der Waals surface area contributed by atoms with Crippen LogP contribution in [0.25, 0.3) is 0 Å². The smallest absolute Gasteiger partial charge is 0.309 e. The number of pyridine rings is 1. The van der Waals surface area contributed by atoms with E-state index in [0.29, 0.717) is 6.07 Å². The van der Waals surface area contributed by atoms with Crippen LogP contribution >= 0.6 is 0 Å². The van der Waals surface area contributed by atoms with Gasteiger partial charge in [-0.15, -0.1) is 0 Å². The van der Waals surface area contributed by atoms with Crippen LogP contribution in [0.1, 0.15) is 17.7 Å². The first-order valence-corrected chi connectivity index (χ1v) is 3.86. The second kappa shape index (κ2) is 4.16. The zero-order chi connectivity index (χ0) is 11.6. The van der Waals surface area contributed by atoms with Crippen LogP contribution in [0.15, 0.2) is 6.07 Å². The first kappa shape index (κ1) is 11.3. The number of carbonyl (C=O) groups is 1. The number of alkyl halides is 2. The molecule has 1 aromatic rings. The highest BCUT2D eigenvalue weighted by molar-refractivity contribution is 5.69. The van der Waals surface area contributed by atoms with Gasteiger partial charge in [-0.3, -0.25) is 4.79 Å². The highest BCUT2D eigenvalue weighted by Crippen LogP contribution is 2.25. The molecule has 7 heteroatoms. The number of aliphatic carboxylic acids is 1. The third-order valence-corrected chi connectivity index (χ3v) is 1.63. The number of hydrogen-bond donors (Lipinski definition) is 2. The Morgan fingerprint density at radius 2 is 2.20 bits per heavy atom. The molecule has 0 aliphatic carbocycles. The summed E-state index contributed by atoms with van der Waals surface area (Å²) in [5.41, 5.74) is 3.89. The normalized spacial score (nSPS) is 10.7. The van der Waals surface area contributed by atoms with E-state index in [0.717, 1.165) is 0 Å². The van der Waals surface area contributed by atoms with Crippen LogP contribution in [-0.2, 0) is 11.2 Å². The quantitative estimate of drug-likeness (QED) is 0.806. The molecule has 0 fully saturated rings. The van der Waals surface area contributed by atoms with Crippen LogP contribution in [0.4, 0.5) is 19.0 Å². The number of nitrogens with two attached hydrogens (primary N) is 1. The van der Waals surface area contributed by atoms with Crippen molar-refractivity contribution in [1.29, 1.82) is 0 Å². The van der Waals surface area contributed by atoms with Crippen molar-refractivity contribution < 1.29 is 23.1 Å². The lowest BCUT2D eigenvalue weighted by atomic mass is 10.2. The maximum absolute atomic E-state index is 13.0. The molecule has 0 saturated carbocycles.